The van der Waals surface area contributed by atoms with Gasteiger partial charge >= 0.3 is 5.97 Å². The van der Waals surface area contributed by atoms with E-state index >= 15 is 0 Å². The quantitative estimate of drug-likeness (QED) is 0.872. The zero-order valence-corrected chi connectivity index (χ0v) is 13.9. The van der Waals surface area contributed by atoms with Gasteiger partial charge in [-0.1, -0.05) is 18.2 Å². The molecule has 4 bridgehead atoms. The highest BCUT2D eigenvalue weighted by Crippen LogP contribution is 2.53. The Balaban J connectivity index is 1.35. The van der Waals surface area contributed by atoms with E-state index in [2.05, 4.69) is 5.32 Å². The lowest BCUT2D eigenvalue weighted by atomic mass is 9.54. The van der Waals surface area contributed by atoms with Crippen molar-refractivity contribution in [3.8, 4) is 0 Å². The number of carbonyl (C=O) groups excluding carboxylic acids is 1. The molecule has 4 saturated carbocycles. The Labute approximate surface area is 142 Å². The number of carboxylic acids is 1. The summed E-state index contributed by atoms with van der Waals surface area (Å²) in [4.78, 5) is 23.7. The molecule has 4 fully saturated rings. The average molecular weight is 327 g/mol. The number of hydrogen-bond donors (Lipinski definition) is 2. The summed E-state index contributed by atoms with van der Waals surface area (Å²) in [7, 11) is 0. The first-order valence-corrected chi connectivity index (χ1v) is 9.20. The minimum Gasteiger partial charge on any atom is -0.478 e. The maximum absolute atomic E-state index is 12.4. The number of rotatable bonds is 5. The SMILES string of the molecule is O=C(CCc1ccccc1C(=O)O)NC1C2CC3CC(C2)CC1C3. The molecule has 4 aliphatic rings. The molecule has 0 aromatic heterocycles. The molecule has 2 N–H and O–H groups in total. The van der Waals surface area contributed by atoms with E-state index in [1.807, 2.05) is 6.07 Å². The average Bonchev–Trinajstić information content (AvgIpc) is 2.56. The summed E-state index contributed by atoms with van der Waals surface area (Å²) < 4.78 is 0. The third-order valence-corrected chi connectivity index (χ3v) is 6.42. The summed E-state index contributed by atoms with van der Waals surface area (Å²) in [6, 6.07) is 7.33. The molecule has 4 heteroatoms. The van der Waals surface area contributed by atoms with Crippen molar-refractivity contribution < 1.29 is 14.7 Å². The summed E-state index contributed by atoms with van der Waals surface area (Å²) in [6.07, 6.45) is 7.44. The Morgan fingerprint density at radius 1 is 1.00 bits per heavy atom. The predicted octanol–water partition coefficient (Wildman–Crippen LogP) is 3.26. The summed E-state index contributed by atoms with van der Waals surface area (Å²) in [5, 5.41) is 12.5. The van der Waals surface area contributed by atoms with E-state index < -0.39 is 5.97 Å². The molecule has 0 spiro atoms. The van der Waals surface area contributed by atoms with E-state index in [1.165, 1.54) is 32.1 Å². The molecular weight excluding hydrogens is 302 g/mol. The van der Waals surface area contributed by atoms with Crippen molar-refractivity contribution in [3.63, 3.8) is 0 Å². The minimum absolute atomic E-state index is 0.0765. The molecule has 128 valence electrons. The number of aromatic carboxylic acids is 1. The molecule has 1 aromatic carbocycles. The monoisotopic (exact) mass is 327 g/mol. The fourth-order valence-corrected chi connectivity index (χ4v) is 5.61. The number of nitrogens with one attached hydrogen (secondary N) is 1. The van der Waals surface area contributed by atoms with Crippen molar-refractivity contribution in [2.75, 3.05) is 0 Å². The molecule has 1 aromatic rings. The van der Waals surface area contributed by atoms with Crippen LogP contribution in [0.3, 0.4) is 0 Å². The normalized spacial score (nSPS) is 33.4. The number of aryl methyl sites for hydroxylation is 1. The van der Waals surface area contributed by atoms with Crippen LogP contribution < -0.4 is 5.32 Å². The summed E-state index contributed by atoms with van der Waals surface area (Å²) in [6.45, 7) is 0. The fraction of sp³-hybridized carbons (Fsp3) is 0.600. The Hall–Kier alpha value is -1.84. The molecule has 24 heavy (non-hydrogen) atoms. The zero-order valence-electron chi connectivity index (χ0n) is 13.9. The molecular formula is C20H25NO3. The standard InChI is InChI=1S/C20H25NO3/c22-18(6-5-14-3-1-2-4-17(14)20(23)24)21-19-15-8-12-7-13(10-15)11-16(19)9-12/h1-4,12-13,15-16,19H,5-11H2,(H,21,22)(H,23,24). The molecule has 4 nitrogen and oxygen atoms in total. The lowest BCUT2D eigenvalue weighted by Gasteiger charge is -2.54. The molecule has 0 atom stereocenters. The van der Waals surface area contributed by atoms with Crippen molar-refractivity contribution in [1.82, 2.24) is 5.32 Å². The van der Waals surface area contributed by atoms with Gasteiger partial charge in [0, 0.05) is 12.5 Å². The first-order valence-electron chi connectivity index (χ1n) is 9.20. The van der Waals surface area contributed by atoms with Gasteiger partial charge in [0.2, 0.25) is 5.91 Å². The number of carbonyl (C=O) groups is 2. The van der Waals surface area contributed by atoms with Crippen molar-refractivity contribution >= 4 is 11.9 Å². The van der Waals surface area contributed by atoms with E-state index in [4.69, 9.17) is 0 Å². The second-order valence-electron chi connectivity index (χ2n) is 7.99. The van der Waals surface area contributed by atoms with Crippen LogP contribution in [0.1, 0.15) is 54.4 Å². The van der Waals surface area contributed by atoms with Crippen molar-refractivity contribution in [3.05, 3.63) is 35.4 Å². The predicted molar refractivity (Wildman–Crippen MR) is 90.7 cm³/mol. The third-order valence-electron chi connectivity index (χ3n) is 6.42. The highest BCUT2D eigenvalue weighted by atomic mass is 16.4. The van der Waals surface area contributed by atoms with Crippen LogP contribution in [0.4, 0.5) is 0 Å². The van der Waals surface area contributed by atoms with E-state index in [0.29, 0.717) is 36.3 Å². The molecule has 5 rings (SSSR count). The molecule has 1 amide bonds. The summed E-state index contributed by atoms with van der Waals surface area (Å²) >= 11 is 0. The molecule has 0 heterocycles. The number of carboxylic acid groups (broad SMARTS) is 1. The maximum Gasteiger partial charge on any atom is 0.335 e. The Kier molecular flexibility index (Phi) is 4.07. The van der Waals surface area contributed by atoms with Gasteiger partial charge in [-0.2, -0.15) is 0 Å². The highest BCUT2D eigenvalue weighted by molar-refractivity contribution is 5.89. The highest BCUT2D eigenvalue weighted by Gasteiger charge is 2.48. The second kappa shape index (κ2) is 6.23. The van der Waals surface area contributed by atoms with E-state index in [1.54, 1.807) is 18.2 Å². The van der Waals surface area contributed by atoms with Gasteiger partial charge in [0.15, 0.2) is 0 Å². The van der Waals surface area contributed by atoms with Gasteiger partial charge in [-0.3, -0.25) is 4.79 Å². The van der Waals surface area contributed by atoms with Crippen LogP contribution in [0.15, 0.2) is 24.3 Å². The maximum atomic E-state index is 12.4. The molecule has 4 aliphatic carbocycles. The van der Waals surface area contributed by atoms with Crippen LogP contribution in [0.2, 0.25) is 0 Å². The van der Waals surface area contributed by atoms with Gasteiger partial charge in [-0.15, -0.1) is 0 Å². The summed E-state index contributed by atoms with van der Waals surface area (Å²) in [5.74, 6) is 2.32. The van der Waals surface area contributed by atoms with Crippen LogP contribution in [-0.2, 0) is 11.2 Å². The van der Waals surface area contributed by atoms with Crippen molar-refractivity contribution in [1.29, 1.82) is 0 Å². The summed E-state index contributed by atoms with van der Waals surface area (Å²) in [5.41, 5.74) is 1.05. The Morgan fingerprint density at radius 3 is 2.25 bits per heavy atom. The zero-order chi connectivity index (χ0) is 16.7. The van der Waals surface area contributed by atoms with Gasteiger partial charge in [-0.25, -0.2) is 4.79 Å². The minimum atomic E-state index is -0.924. The van der Waals surface area contributed by atoms with Crippen molar-refractivity contribution in [2.24, 2.45) is 23.7 Å². The van der Waals surface area contributed by atoms with Gasteiger partial charge in [0.05, 0.1) is 5.56 Å². The largest absolute Gasteiger partial charge is 0.478 e. The number of benzene rings is 1. The lowest BCUT2D eigenvalue weighted by Crippen LogP contribution is -2.55. The van der Waals surface area contributed by atoms with Crippen LogP contribution in [-0.4, -0.2) is 23.0 Å². The van der Waals surface area contributed by atoms with E-state index in [0.717, 1.165) is 17.4 Å². The molecule has 0 aliphatic heterocycles. The smallest absolute Gasteiger partial charge is 0.335 e. The first-order chi connectivity index (χ1) is 11.6. The fourth-order valence-electron chi connectivity index (χ4n) is 5.61. The number of hydrogen-bond acceptors (Lipinski definition) is 2. The van der Waals surface area contributed by atoms with Crippen LogP contribution >= 0.6 is 0 Å². The van der Waals surface area contributed by atoms with Crippen LogP contribution in [0.25, 0.3) is 0 Å². The van der Waals surface area contributed by atoms with Gasteiger partial charge in [0.1, 0.15) is 0 Å². The lowest BCUT2D eigenvalue weighted by molar-refractivity contribution is -0.125. The van der Waals surface area contributed by atoms with Gasteiger partial charge in [-0.05, 0) is 73.8 Å². The molecule has 0 unspecified atom stereocenters. The van der Waals surface area contributed by atoms with Crippen LogP contribution in [0, 0.1) is 23.7 Å². The van der Waals surface area contributed by atoms with E-state index in [-0.39, 0.29) is 5.91 Å². The Morgan fingerprint density at radius 2 is 1.62 bits per heavy atom. The topological polar surface area (TPSA) is 66.4 Å². The van der Waals surface area contributed by atoms with Crippen LogP contribution in [0.5, 0.6) is 0 Å². The molecule has 0 radical (unpaired) electrons. The van der Waals surface area contributed by atoms with Gasteiger partial charge < -0.3 is 10.4 Å². The first kappa shape index (κ1) is 15.7. The molecule has 0 saturated heterocycles. The second-order valence-corrected chi connectivity index (χ2v) is 7.99. The van der Waals surface area contributed by atoms with E-state index in [9.17, 15) is 14.7 Å². The Bertz CT molecular complexity index is 626. The van der Waals surface area contributed by atoms with Gasteiger partial charge in [0.25, 0.3) is 0 Å². The number of amides is 1. The third kappa shape index (κ3) is 2.94. The van der Waals surface area contributed by atoms with Crippen molar-refractivity contribution in [2.45, 2.75) is 51.0 Å².